The lowest BCUT2D eigenvalue weighted by atomic mass is 10.2. The second kappa shape index (κ2) is 6.62. The van der Waals surface area contributed by atoms with Crippen molar-refractivity contribution in [1.82, 2.24) is 14.7 Å². The van der Waals surface area contributed by atoms with Gasteiger partial charge in [-0.25, -0.2) is 8.42 Å². The second-order valence-electron chi connectivity index (χ2n) is 6.04. The summed E-state index contributed by atoms with van der Waals surface area (Å²) < 4.78 is 29.5. The molecule has 3 heterocycles. The van der Waals surface area contributed by atoms with Crippen LogP contribution in [0.4, 0.5) is 0 Å². The number of carbonyl (C=O) groups excluding carboxylic acids is 1. The van der Waals surface area contributed by atoms with Crippen LogP contribution in [0.2, 0.25) is 0 Å². The summed E-state index contributed by atoms with van der Waals surface area (Å²) in [7, 11) is -3.33. The number of aliphatic hydroxyl groups is 2. The minimum Gasteiger partial charge on any atom is -0.453 e. The van der Waals surface area contributed by atoms with Crippen molar-refractivity contribution in [2.24, 2.45) is 0 Å². The first-order valence-electron chi connectivity index (χ1n) is 7.68. The normalized spacial score (nSPS) is 15.9. The Bertz CT molecular complexity index is 885. The molecular formula is C15H19N3O6S. The number of aliphatic hydroxyl groups excluding tert-OH is 2. The van der Waals surface area contributed by atoms with E-state index in [9.17, 15) is 18.3 Å². The van der Waals surface area contributed by atoms with E-state index < -0.39 is 21.7 Å². The molecule has 0 radical (unpaired) electrons. The maximum Gasteiger partial charge on any atom is 0.289 e. The number of carbonyl (C=O) groups is 1. The molecule has 2 aromatic heterocycles. The van der Waals surface area contributed by atoms with E-state index in [0.29, 0.717) is 24.5 Å². The molecular weight excluding hydrogens is 350 g/mol. The van der Waals surface area contributed by atoms with Gasteiger partial charge in [0.1, 0.15) is 28.3 Å². The van der Waals surface area contributed by atoms with Gasteiger partial charge in [0.25, 0.3) is 5.91 Å². The molecule has 0 unspecified atom stereocenters. The molecule has 0 fully saturated rings. The highest BCUT2D eigenvalue weighted by atomic mass is 32.2. The van der Waals surface area contributed by atoms with E-state index in [1.165, 1.54) is 6.07 Å². The number of rotatable bonds is 5. The third-order valence-corrected chi connectivity index (χ3v) is 4.86. The first kappa shape index (κ1) is 17.6. The highest BCUT2D eigenvalue weighted by molar-refractivity contribution is 7.90. The fraction of sp³-hybridized carbons (Fsp3) is 0.467. The molecule has 1 aliphatic rings. The number of nitrogens with zero attached hydrogens (tertiary/aromatic N) is 3. The molecule has 2 aromatic rings. The first-order valence-corrected chi connectivity index (χ1v) is 9.74. The van der Waals surface area contributed by atoms with Crippen LogP contribution in [0.5, 0.6) is 0 Å². The number of furan rings is 1. The van der Waals surface area contributed by atoms with E-state index in [0.717, 1.165) is 6.26 Å². The van der Waals surface area contributed by atoms with Crippen molar-refractivity contribution in [3.63, 3.8) is 0 Å². The van der Waals surface area contributed by atoms with E-state index in [2.05, 4.69) is 5.10 Å². The quantitative estimate of drug-likeness (QED) is 0.741. The second-order valence-corrected chi connectivity index (χ2v) is 8.23. The maximum atomic E-state index is 12.5. The maximum absolute atomic E-state index is 12.5. The van der Waals surface area contributed by atoms with Crippen LogP contribution in [-0.2, 0) is 29.5 Å². The topological polar surface area (TPSA) is 126 Å². The van der Waals surface area contributed by atoms with Gasteiger partial charge < -0.3 is 19.5 Å². The summed E-state index contributed by atoms with van der Waals surface area (Å²) in [5.74, 6) is -0.237. The minimum absolute atomic E-state index is 0.148. The van der Waals surface area contributed by atoms with Crippen LogP contribution in [-0.4, -0.2) is 57.8 Å². The predicted molar refractivity (Wildman–Crippen MR) is 86.3 cm³/mol. The Morgan fingerprint density at radius 1 is 1.40 bits per heavy atom. The fourth-order valence-corrected chi connectivity index (χ4v) is 3.47. The number of sulfone groups is 1. The fourth-order valence-electron chi connectivity index (χ4n) is 2.73. The standard InChI is InChI=1S/C15H19N3O6S/c1-25(22,23)9-13(20)12-6-10-7-17(4-5-18(10)16-12)15(21)14-3-2-11(8-19)24-14/h2-3,6,13,19-20H,4-5,7-9H2,1H3/t13-/m1/s1. The molecule has 3 rings (SSSR count). The van der Waals surface area contributed by atoms with Crippen LogP contribution >= 0.6 is 0 Å². The van der Waals surface area contributed by atoms with Crippen molar-refractivity contribution < 1.29 is 27.8 Å². The summed E-state index contributed by atoms with van der Waals surface area (Å²) in [6.45, 7) is 0.832. The molecule has 0 aromatic carbocycles. The minimum atomic E-state index is -3.33. The highest BCUT2D eigenvalue weighted by Gasteiger charge is 2.27. The van der Waals surface area contributed by atoms with Crippen molar-refractivity contribution >= 4 is 15.7 Å². The van der Waals surface area contributed by atoms with E-state index in [1.807, 2.05) is 0 Å². The van der Waals surface area contributed by atoms with Gasteiger partial charge in [-0.1, -0.05) is 0 Å². The molecule has 0 aliphatic carbocycles. The monoisotopic (exact) mass is 369 g/mol. The van der Waals surface area contributed by atoms with Crippen LogP contribution in [0, 0.1) is 0 Å². The van der Waals surface area contributed by atoms with Gasteiger partial charge in [0.05, 0.1) is 30.2 Å². The SMILES string of the molecule is CS(=O)(=O)C[C@@H](O)c1cc2n(n1)CCN(C(=O)c1ccc(CO)o1)C2. The van der Waals surface area contributed by atoms with Gasteiger partial charge >= 0.3 is 0 Å². The van der Waals surface area contributed by atoms with E-state index in [4.69, 9.17) is 9.52 Å². The number of amides is 1. The molecule has 10 heteroatoms. The zero-order valence-electron chi connectivity index (χ0n) is 13.6. The van der Waals surface area contributed by atoms with Gasteiger partial charge in [-0.05, 0) is 18.2 Å². The summed E-state index contributed by atoms with van der Waals surface area (Å²) in [4.78, 5) is 14.0. The van der Waals surface area contributed by atoms with Crippen LogP contribution in [0.15, 0.2) is 22.6 Å². The van der Waals surface area contributed by atoms with E-state index in [-0.39, 0.29) is 30.5 Å². The van der Waals surface area contributed by atoms with Gasteiger partial charge in [-0.2, -0.15) is 5.10 Å². The highest BCUT2D eigenvalue weighted by Crippen LogP contribution is 2.21. The Kier molecular flexibility index (Phi) is 4.67. The third-order valence-electron chi connectivity index (χ3n) is 3.93. The first-order chi connectivity index (χ1) is 11.8. The van der Waals surface area contributed by atoms with Crippen LogP contribution in [0.25, 0.3) is 0 Å². The Balaban J connectivity index is 1.74. The van der Waals surface area contributed by atoms with Gasteiger partial charge in [0, 0.05) is 12.8 Å². The van der Waals surface area contributed by atoms with Crippen molar-refractivity contribution in [3.8, 4) is 0 Å². The molecule has 0 saturated carbocycles. The molecule has 25 heavy (non-hydrogen) atoms. The summed E-state index contributed by atoms with van der Waals surface area (Å²) in [6.07, 6.45) is -0.147. The number of fused-ring (bicyclic) bond motifs is 1. The van der Waals surface area contributed by atoms with Gasteiger partial charge in [-0.3, -0.25) is 9.48 Å². The van der Waals surface area contributed by atoms with Crippen LogP contribution in [0.3, 0.4) is 0 Å². The zero-order valence-corrected chi connectivity index (χ0v) is 14.4. The average Bonchev–Trinajstić information content (AvgIpc) is 3.18. The molecule has 1 aliphatic heterocycles. The Morgan fingerprint density at radius 2 is 2.16 bits per heavy atom. The van der Waals surface area contributed by atoms with Crippen molar-refractivity contribution in [2.75, 3.05) is 18.6 Å². The van der Waals surface area contributed by atoms with E-state index >= 15 is 0 Å². The number of aromatic nitrogens is 2. The lowest BCUT2D eigenvalue weighted by molar-refractivity contribution is 0.0668. The summed E-state index contributed by atoms with van der Waals surface area (Å²) in [6, 6.07) is 4.67. The summed E-state index contributed by atoms with van der Waals surface area (Å²) in [5.41, 5.74) is 0.978. The number of hydrogen-bond acceptors (Lipinski definition) is 7. The average molecular weight is 369 g/mol. The Morgan fingerprint density at radius 3 is 2.80 bits per heavy atom. The van der Waals surface area contributed by atoms with Crippen molar-refractivity contribution in [1.29, 1.82) is 0 Å². The largest absolute Gasteiger partial charge is 0.453 e. The molecule has 136 valence electrons. The molecule has 1 amide bonds. The molecule has 2 N–H and O–H groups in total. The predicted octanol–water partition coefficient (Wildman–Crippen LogP) is -0.298. The smallest absolute Gasteiger partial charge is 0.289 e. The molecule has 9 nitrogen and oxygen atoms in total. The van der Waals surface area contributed by atoms with Crippen LogP contribution in [0.1, 0.15) is 33.8 Å². The van der Waals surface area contributed by atoms with Crippen LogP contribution < -0.4 is 0 Å². The molecule has 0 saturated heterocycles. The van der Waals surface area contributed by atoms with E-state index in [1.54, 1.807) is 21.7 Å². The van der Waals surface area contributed by atoms with Gasteiger partial charge in [0.15, 0.2) is 5.76 Å². The van der Waals surface area contributed by atoms with Crippen molar-refractivity contribution in [3.05, 3.63) is 41.1 Å². The zero-order chi connectivity index (χ0) is 18.2. The Hall–Kier alpha value is -2.17. The van der Waals surface area contributed by atoms with Gasteiger partial charge in [-0.15, -0.1) is 0 Å². The lowest BCUT2D eigenvalue weighted by Gasteiger charge is -2.26. The molecule has 1 atom stereocenters. The van der Waals surface area contributed by atoms with Crippen molar-refractivity contribution in [2.45, 2.75) is 25.8 Å². The molecule has 0 bridgehead atoms. The summed E-state index contributed by atoms with van der Waals surface area (Å²) in [5, 5.41) is 23.3. The summed E-state index contributed by atoms with van der Waals surface area (Å²) >= 11 is 0. The number of hydrogen-bond donors (Lipinski definition) is 2. The molecule has 0 spiro atoms. The Labute approximate surface area is 144 Å². The third kappa shape index (κ3) is 3.91. The lowest BCUT2D eigenvalue weighted by Crippen LogP contribution is -2.38. The van der Waals surface area contributed by atoms with Gasteiger partial charge in [0.2, 0.25) is 0 Å².